The predicted octanol–water partition coefficient (Wildman–Crippen LogP) is 4.76. The van der Waals surface area contributed by atoms with Gasteiger partial charge in [0.15, 0.2) is 11.5 Å². The number of hydrogen-bond acceptors (Lipinski definition) is 10. The number of hydrogen-bond donors (Lipinski definition) is 4. The summed E-state index contributed by atoms with van der Waals surface area (Å²) in [5.74, 6) is -2.44. The lowest BCUT2D eigenvalue weighted by Crippen LogP contribution is -2.56. The van der Waals surface area contributed by atoms with Crippen LogP contribution in [0.1, 0.15) is 60.6 Å². The second kappa shape index (κ2) is 19.1. The Bertz CT molecular complexity index is 1980. The largest absolute Gasteiger partial charge is 0.497 e. The summed E-state index contributed by atoms with van der Waals surface area (Å²) < 4.78 is 21.5. The molecule has 1 aromatic heterocycles. The number of carbonyl (C=O) groups is 6. The monoisotopic (exact) mass is 754 g/mol. The van der Waals surface area contributed by atoms with Crippen molar-refractivity contribution in [3.63, 3.8) is 0 Å². The quantitative estimate of drug-likeness (QED) is 0.0814. The highest BCUT2D eigenvalue weighted by atomic mass is 16.5. The summed E-state index contributed by atoms with van der Waals surface area (Å²) >= 11 is 0. The summed E-state index contributed by atoms with van der Waals surface area (Å²) in [4.78, 5) is 78.9. The standard InChI is InChI=1S/C41H46N4O10/c1-23(2)18-33(37(47)41(51)43-29-20-31(53-6)22-32(21-29)54-7)44-39(49)34(19-26-8-14-30(52-5)15-9-26)45-38(48)24(3)42-40(50)36-17-16-35(55-36)28-12-10-27(11-13-28)25(4)46/h8-17,20-24,33-34H,18-19H2,1-7H3,(H,42,50)(H,43,51)(H,44,49)(H,45,48)/t24-,33-,34-/m0/s1. The minimum absolute atomic E-state index is 0.00455. The van der Waals surface area contributed by atoms with E-state index in [1.165, 1.54) is 53.4 Å². The van der Waals surface area contributed by atoms with E-state index in [1.807, 2.05) is 13.8 Å². The van der Waals surface area contributed by atoms with E-state index in [0.29, 0.717) is 39.7 Å². The molecular formula is C41H46N4O10. The van der Waals surface area contributed by atoms with Crippen LogP contribution < -0.4 is 35.5 Å². The van der Waals surface area contributed by atoms with Gasteiger partial charge in [-0.3, -0.25) is 28.8 Å². The molecule has 290 valence electrons. The second-order valence-electron chi connectivity index (χ2n) is 13.2. The molecule has 4 rings (SSSR count). The highest BCUT2D eigenvalue weighted by Gasteiger charge is 2.32. The molecule has 0 aliphatic rings. The Balaban J connectivity index is 1.49. The van der Waals surface area contributed by atoms with E-state index in [1.54, 1.807) is 60.7 Å². The van der Waals surface area contributed by atoms with Gasteiger partial charge in [0.2, 0.25) is 17.6 Å². The van der Waals surface area contributed by atoms with Crippen molar-refractivity contribution >= 4 is 40.9 Å². The summed E-state index contributed by atoms with van der Waals surface area (Å²) in [5.41, 5.74) is 2.09. The number of ether oxygens (including phenoxy) is 3. The van der Waals surface area contributed by atoms with Gasteiger partial charge in [-0.1, -0.05) is 50.2 Å². The number of Topliss-reactive ketones (excluding diaryl/α,β-unsaturated/α-hetero) is 2. The van der Waals surface area contributed by atoms with Crippen LogP contribution in [-0.2, 0) is 25.6 Å². The van der Waals surface area contributed by atoms with Crippen molar-refractivity contribution in [2.75, 3.05) is 26.6 Å². The molecule has 3 atom stereocenters. The van der Waals surface area contributed by atoms with Crippen LogP contribution >= 0.6 is 0 Å². The van der Waals surface area contributed by atoms with Gasteiger partial charge in [-0.2, -0.15) is 0 Å². The van der Waals surface area contributed by atoms with Crippen LogP contribution in [0, 0.1) is 5.92 Å². The molecule has 0 aliphatic carbocycles. The minimum atomic E-state index is -1.24. The maximum absolute atomic E-state index is 13.9. The lowest BCUT2D eigenvalue weighted by molar-refractivity contribution is -0.138. The summed E-state index contributed by atoms with van der Waals surface area (Å²) in [5, 5.41) is 10.5. The fourth-order valence-corrected chi connectivity index (χ4v) is 5.53. The number of benzene rings is 3. The van der Waals surface area contributed by atoms with Crippen molar-refractivity contribution in [3.8, 4) is 28.6 Å². The lowest BCUT2D eigenvalue weighted by atomic mass is 9.98. The lowest BCUT2D eigenvalue weighted by Gasteiger charge is -2.25. The van der Waals surface area contributed by atoms with Gasteiger partial charge in [-0.25, -0.2) is 0 Å². The number of rotatable bonds is 18. The van der Waals surface area contributed by atoms with Crippen molar-refractivity contribution in [2.45, 2.75) is 58.7 Å². The molecule has 55 heavy (non-hydrogen) atoms. The van der Waals surface area contributed by atoms with Crippen LogP contribution in [0.4, 0.5) is 5.69 Å². The Morgan fingerprint density at radius 3 is 1.84 bits per heavy atom. The van der Waals surface area contributed by atoms with Crippen molar-refractivity contribution in [1.82, 2.24) is 16.0 Å². The molecule has 1 heterocycles. The van der Waals surface area contributed by atoms with Gasteiger partial charge in [0.1, 0.15) is 35.1 Å². The molecule has 0 aliphatic heterocycles. The van der Waals surface area contributed by atoms with Gasteiger partial charge in [0, 0.05) is 41.4 Å². The highest BCUT2D eigenvalue weighted by molar-refractivity contribution is 6.42. The van der Waals surface area contributed by atoms with Crippen LogP contribution in [0.5, 0.6) is 17.2 Å². The molecule has 4 amide bonds. The fourth-order valence-electron chi connectivity index (χ4n) is 5.53. The third kappa shape index (κ3) is 11.5. The third-order valence-electron chi connectivity index (χ3n) is 8.55. The molecule has 0 bridgehead atoms. The van der Waals surface area contributed by atoms with E-state index in [0.717, 1.165) is 0 Å². The molecule has 4 N–H and O–H groups in total. The molecular weight excluding hydrogens is 708 g/mol. The molecule has 0 saturated heterocycles. The Kier molecular flexibility index (Phi) is 14.3. The Morgan fingerprint density at radius 2 is 1.27 bits per heavy atom. The third-order valence-corrected chi connectivity index (χ3v) is 8.55. The number of anilines is 1. The molecule has 0 saturated carbocycles. The van der Waals surface area contributed by atoms with Gasteiger partial charge in [0.25, 0.3) is 11.8 Å². The molecule has 0 fully saturated rings. The zero-order valence-electron chi connectivity index (χ0n) is 31.8. The van der Waals surface area contributed by atoms with Crippen LogP contribution in [-0.4, -0.2) is 74.7 Å². The smallest absolute Gasteiger partial charge is 0.293 e. The van der Waals surface area contributed by atoms with E-state index in [-0.39, 0.29) is 36.0 Å². The average molecular weight is 755 g/mol. The first-order chi connectivity index (χ1) is 26.2. The van der Waals surface area contributed by atoms with E-state index < -0.39 is 47.5 Å². The predicted molar refractivity (Wildman–Crippen MR) is 204 cm³/mol. The summed E-state index contributed by atoms with van der Waals surface area (Å²) in [6.07, 6.45) is 0.131. The van der Waals surface area contributed by atoms with Crippen LogP contribution in [0.15, 0.2) is 83.3 Å². The average Bonchev–Trinajstić information content (AvgIpc) is 3.67. The highest BCUT2D eigenvalue weighted by Crippen LogP contribution is 2.26. The van der Waals surface area contributed by atoms with E-state index in [2.05, 4.69) is 21.3 Å². The van der Waals surface area contributed by atoms with Crippen molar-refractivity contribution in [3.05, 3.63) is 95.7 Å². The summed E-state index contributed by atoms with van der Waals surface area (Å²) in [7, 11) is 4.41. The first-order valence-electron chi connectivity index (χ1n) is 17.5. The maximum Gasteiger partial charge on any atom is 0.293 e. The van der Waals surface area contributed by atoms with Gasteiger partial charge in [-0.05, 0) is 56.0 Å². The van der Waals surface area contributed by atoms with Gasteiger partial charge < -0.3 is 39.9 Å². The normalized spacial score (nSPS) is 12.4. The molecule has 0 unspecified atom stereocenters. The summed E-state index contributed by atoms with van der Waals surface area (Å²) in [6.45, 7) is 6.59. The van der Waals surface area contributed by atoms with Gasteiger partial charge >= 0.3 is 0 Å². The SMILES string of the molecule is COc1ccc(C[C@H](NC(=O)[C@H](C)NC(=O)c2ccc(-c3ccc(C(C)=O)cc3)o2)C(=O)N[C@@H](CC(C)C)C(=O)C(=O)Nc2cc(OC)cc(OC)c2)cc1. The zero-order chi connectivity index (χ0) is 40.2. The number of amides is 4. The Hall–Kier alpha value is -6.44. The molecule has 3 aromatic carbocycles. The van der Waals surface area contributed by atoms with E-state index >= 15 is 0 Å². The second-order valence-corrected chi connectivity index (χ2v) is 13.2. The molecule has 4 aromatic rings. The number of carbonyl (C=O) groups excluding carboxylic acids is 6. The van der Waals surface area contributed by atoms with Crippen LogP contribution in [0.25, 0.3) is 11.3 Å². The molecule has 0 spiro atoms. The molecule has 14 heteroatoms. The fraction of sp³-hybridized carbons (Fsp3) is 0.317. The van der Waals surface area contributed by atoms with Crippen LogP contribution in [0.3, 0.4) is 0 Å². The van der Waals surface area contributed by atoms with Gasteiger partial charge in [-0.15, -0.1) is 0 Å². The number of ketones is 2. The summed E-state index contributed by atoms with van der Waals surface area (Å²) in [6, 6.07) is 17.7. The first-order valence-corrected chi connectivity index (χ1v) is 17.5. The molecule has 14 nitrogen and oxygen atoms in total. The van der Waals surface area contributed by atoms with Crippen LogP contribution in [0.2, 0.25) is 0 Å². The van der Waals surface area contributed by atoms with Crippen molar-refractivity contribution in [1.29, 1.82) is 0 Å². The number of nitrogens with one attached hydrogen (secondary N) is 4. The number of furan rings is 1. The number of methoxy groups -OCH3 is 3. The Morgan fingerprint density at radius 1 is 0.673 bits per heavy atom. The Labute approximate surface area is 319 Å². The van der Waals surface area contributed by atoms with Gasteiger partial charge in [0.05, 0.1) is 27.4 Å². The van der Waals surface area contributed by atoms with E-state index in [4.69, 9.17) is 18.6 Å². The topological polar surface area (TPSA) is 191 Å². The van der Waals surface area contributed by atoms with E-state index in [9.17, 15) is 28.8 Å². The molecule has 0 radical (unpaired) electrons. The minimum Gasteiger partial charge on any atom is -0.497 e. The zero-order valence-corrected chi connectivity index (χ0v) is 31.8. The first kappa shape index (κ1) is 41.3. The van der Waals surface area contributed by atoms with Crippen molar-refractivity contribution < 1.29 is 47.4 Å². The maximum atomic E-state index is 13.9. The van der Waals surface area contributed by atoms with Crippen molar-refractivity contribution in [2.24, 2.45) is 5.92 Å².